The molecule has 232 valence electrons. The number of para-hydroxylation sites is 2. The van der Waals surface area contributed by atoms with Gasteiger partial charge in [-0.2, -0.15) is 11.8 Å². The Morgan fingerprint density at radius 2 is 1.60 bits per heavy atom. The maximum Gasteiger partial charge on any atom is 0.408 e. The first-order valence-electron chi connectivity index (χ1n) is 14.7. The first kappa shape index (κ1) is 35.0. The molecule has 2 atom stereocenters. The van der Waals surface area contributed by atoms with Crippen LogP contribution in [-0.4, -0.2) is 58.1 Å². The van der Waals surface area contributed by atoms with Gasteiger partial charge >= 0.3 is 6.09 Å². The third-order valence-corrected chi connectivity index (χ3v) is 7.63. The third kappa shape index (κ3) is 10.3. The molecular formula is C33H49N3O5S. The van der Waals surface area contributed by atoms with Gasteiger partial charge in [-0.3, -0.25) is 9.59 Å². The molecule has 0 fully saturated rings. The van der Waals surface area contributed by atoms with Crippen molar-refractivity contribution in [1.82, 2.24) is 10.2 Å². The van der Waals surface area contributed by atoms with E-state index in [-0.39, 0.29) is 12.3 Å². The number of anilines is 1. The summed E-state index contributed by atoms with van der Waals surface area (Å²) in [6.45, 7) is 13.3. The molecule has 2 rings (SSSR count). The Morgan fingerprint density at radius 3 is 2.19 bits per heavy atom. The van der Waals surface area contributed by atoms with Gasteiger partial charge in [0.05, 0.1) is 0 Å². The highest BCUT2D eigenvalue weighted by Crippen LogP contribution is 2.34. The molecule has 9 heteroatoms. The normalized spacial score (nSPS) is 12.8. The first-order valence-corrected chi connectivity index (χ1v) is 16.1. The van der Waals surface area contributed by atoms with Crippen molar-refractivity contribution in [2.75, 3.05) is 23.9 Å². The molecule has 0 heterocycles. The van der Waals surface area contributed by atoms with Crippen LogP contribution in [0, 0.1) is 20.8 Å². The van der Waals surface area contributed by atoms with Crippen LogP contribution in [0.4, 0.5) is 10.5 Å². The molecule has 3 amide bonds. The fourth-order valence-electron chi connectivity index (χ4n) is 4.77. The number of carbonyl (C=O) groups excluding carboxylic acids is 3. The second-order valence-corrected chi connectivity index (χ2v) is 12.7. The Hall–Kier alpha value is -3.20. The van der Waals surface area contributed by atoms with Crippen LogP contribution in [0.15, 0.2) is 36.4 Å². The van der Waals surface area contributed by atoms with Crippen LogP contribution in [0.3, 0.4) is 0 Å². The molecule has 3 N–H and O–H groups in total. The number of aryl methyl sites for hydroxylation is 3. The zero-order valence-electron chi connectivity index (χ0n) is 26.5. The highest BCUT2D eigenvalue weighted by atomic mass is 32.2. The second kappa shape index (κ2) is 16.4. The number of phenolic OH excluding ortho intramolecular Hbond substituents is 1. The molecule has 0 spiro atoms. The van der Waals surface area contributed by atoms with E-state index in [9.17, 15) is 19.5 Å². The van der Waals surface area contributed by atoms with Crippen molar-refractivity contribution >= 4 is 35.4 Å². The summed E-state index contributed by atoms with van der Waals surface area (Å²) < 4.78 is 5.48. The number of nitrogens with one attached hydrogen (secondary N) is 2. The number of nitrogens with zero attached hydrogens (tertiary/aromatic N) is 1. The largest absolute Gasteiger partial charge is 0.507 e. The number of carbonyl (C=O) groups is 3. The third-order valence-electron chi connectivity index (χ3n) is 6.99. The number of thioether (sulfide) groups is 1. The van der Waals surface area contributed by atoms with Crippen molar-refractivity contribution in [3.63, 3.8) is 0 Å². The Morgan fingerprint density at radius 1 is 0.976 bits per heavy atom. The van der Waals surface area contributed by atoms with E-state index >= 15 is 0 Å². The lowest BCUT2D eigenvalue weighted by Crippen LogP contribution is -2.53. The van der Waals surface area contributed by atoms with Crippen LogP contribution in [0.2, 0.25) is 0 Å². The Labute approximate surface area is 256 Å². The number of amides is 3. The highest BCUT2D eigenvalue weighted by molar-refractivity contribution is 7.98. The van der Waals surface area contributed by atoms with E-state index in [1.807, 2.05) is 38.3 Å². The zero-order valence-corrected chi connectivity index (χ0v) is 27.3. The first-order chi connectivity index (χ1) is 19.8. The summed E-state index contributed by atoms with van der Waals surface area (Å²) in [5.41, 5.74) is 2.65. The Balaban J connectivity index is 2.63. The van der Waals surface area contributed by atoms with Crippen LogP contribution in [0.25, 0.3) is 0 Å². The smallest absolute Gasteiger partial charge is 0.408 e. The van der Waals surface area contributed by atoms with E-state index < -0.39 is 35.6 Å². The average Bonchev–Trinajstić information content (AvgIpc) is 2.91. The van der Waals surface area contributed by atoms with Gasteiger partial charge < -0.3 is 25.4 Å². The second-order valence-electron chi connectivity index (χ2n) is 11.7. The predicted molar refractivity (Wildman–Crippen MR) is 172 cm³/mol. The summed E-state index contributed by atoms with van der Waals surface area (Å²) in [5, 5.41) is 17.0. The Bertz CT molecular complexity index is 1190. The zero-order chi connectivity index (χ0) is 31.4. The minimum atomic E-state index is -1.13. The van der Waals surface area contributed by atoms with Crippen molar-refractivity contribution in [1.29, 1.82) is 0 Å². The van der Waals surface area contributed by atoms with Gasteiger partial charge in [-0.05, 0) is 83.1 Å². The van der Waals surface area contributed by atoms with Crippen molar-refractivity contribution < 1.29 is 24.2 Å². The fourth-order valence-corrected chi connectivity index (χ4v) is 5.25. The highest BCUT2D eigenvalue weighted by Gasteiger charge is 2.37. The molecule has 0 saturated heterocycles. The molecular weight excluding hydrogens is 550 g/mol. The maximum absolute atomic E-state index is 14.4. The summed E-state index contributed by atoms with van der Waals surface area (Å²) in [4.78, 5) is 43.0. The number of phenols is 1. The fraction of sp³-hybridized carbons (Fsp3) is 0.545. The molecule has 0 aromatic heterocycles. The topological polar surface area (TPSA) is 108 Å². The quantitative estimate of drug-likeness (QED) is 0.201. The van der Waals surface area contributed by atoms with E-state index in [1.165, 1.54) is 4.90 Å². The molecule has 8 nitrogen and oxygen atoms in total. The molecule has 2 aromatic carbocycles. The van der Waals surface area contributed by atoms with Crippen LogP contribution in [0.1, 0.15) is 88.1 Å². The number of benzene rings is 2. The number of alkyl carbamates (subject to hydrolysis) is 1. The summed E-state index contributed by atoms with van der Waals surface area (Å²) in [6, 6.07) is 8.92. The molecule has 0 aliphatic carbocycles. The molecule has 0 bridgehead atoms. The van der Waals surface area contributed by atoms with E-state index in [2.05, 4.69) is 17.6 Å². The van der Waals surface area contributed by atoms with Gasteiger partial charge in [0.2, 0.25) is 5.91 Å². The van der Waals surface area contributed by atoms with E-state index in [0.717, 1.165) is 30.4 Å². The standard InChI is InChI=1S/C33H49N3O5S/c1-9-10-11-12-20-36(31(39)26(19-21-42-8)34-32(40)41-33(5,6)7)28(25-18-14-17-24(4)29(25)37)30(38)35-27-22(2)15-13-16-23(27)3/h13-18,26,28,37H,9-12,19-21H2,1-8H3,(H,34,40)(H,35,38). The minimum Gasteiger partial charge on any atom is -0.507 e. The number of hydrogen-bond donors (Lipinski definition) is 3. The monoisotopic (exact) mass is 599 g/mol. The van der Waals surface area contributed by atoms with Crippen LogP contribution in [-0.2, 0) is 14.3 Å². The van der Waals surface area contributed by atoms with Gasteiger partial charge in [0, 0.05) is 17.8 Å². The summed E-state index contributed by atoms with van der Waals surface area (Å²) in [5.74, 6) is -0.247. The predicted octanol–water partition coefficient (Wildman–Crippen LogP) is 7.05. The summed E-state index contributed by atoms with van der Waals surface area (Å²) in [7, 11) is 0. The molecule has 2 aromatic rings. The van der Waals surface area contributed by atoms with Crippen molar-refractivity contribution in [3.8, 4) is 5.75 Å². The van der Waals surface area contributed by atoms with Crippen LogP contribution < -0.4 is 10.6 Å². The number of rotatable bonds is 14. The lowest BCUT2D eigenvalue weighted by Gasteiger charge is -2.35. The molecule has 2 unspecified atom stereocenters. The molecule has 0 radical (unpaired) electrons. The Kier molecular flexibility index (Phi) is 13.7. The van der Waals surface area contributed by atoms with Gasteiger partial charge in [0.1, 0.15) is 23.4 Å². The summed E-state index contributed by atoms with van der Waals surface area (Å²) >= 11 is 1.56. The lowest BCUT2D eigenvalue weighted by molar-refractivity contribution is -0.141. The number of aromatic hydroxyl groups is 1. The van der Waals surface area contributed by atoms with Crippen molar-refractivity contribution in [3.05, 3.63) is 58.7 Å². The maximum atomic E-state index is 14.4. The van der Waals surface area contributed by atoms with Crippen LogP contribution >= 0.6 is 11.8 Å². The average molecular weight is 600 g/mol. The summed E-state index contributed by atoms with van der Waals surface area (Å²) in [6.07, 6.45) is 5.14. The van der Waals surface area contributed by atoms with Gasteiger partial charge in [-0.1, -0.05) is 62.6 Å². The molecule has 42 heavy (non-hydrogen) atoms. The SMILES string of the molecule is CCCCCCN(C(=O)C(CCSC)NC(=O)OC(C)(C)C)C(C(=O)Nc1c(C)cccc1C)c1cccc(C)c1O. The van der Waals surface area contributed by atoms with E-state index in [4.69, 9.17) is 4.74 Å². The molecule has 0 aliphatic heterocycles. The van der Waals surface area contributed by atoms with Gasteiger partial charge in [0.25, 0.3) is 5.91 Å². The number of unbranched alkanes of at least 4 members (excludes halogenated alkanes) is 3. The van der Waals surface area contributed by atoms with E-state index in [0.29, 0.717) is 35.4 Å². The van der Waals surface area contributed by atoms with Gasteiger partial charge in [-0.25, -0.2) is 4.79 Å². The van der Waals surface area contributed by atoms with Gasteiger partial charge in [-0.15, -0.1) is 0 Å². The van der Waals surface area contributed by atoms with Crippen molar-refractivity contribution in [2.45, 2.75) is 98.3 Å². The molecule has 0 saturated carbocycles. The number of ether oxygens (including phenoxy) is 1. The van der Waals surface area contributed by atoms with Crippen LogP contribution in [0.5, 0.6) is 5.75 Å². The van der Waals surface area contributed by atoms with E-state index in [1.54, 1.807) is 57.7 Å². The molecule has 0 aliphatic rings. The van der Waals surface area contributed by atoms with Crippen molar-refractivity contribution in [2.24, 2.45) is 0 Å². The van der Waals surface area contributed by atoms with Gasteiger partial charge in [0.15, 0.2) is 0 Å². The number of hydrogen-bond acceptors (Lipinski definition) is 6. The minimum absolute atomic E-state index is 0.0359. The lowest BCUT2D eigenvalue weighted by atomic mass is 9.98.